The topological polar surface area (TPSA) is 55.8 Å². The summed E-state index contributed by atoms with van der Waals surface area (Å²) in [4.78, 5) is 11.6. The first-order valence-electron chi connectivity index (χ1n) is 6.07. The van der Waals surface area contributed by atoms with E-state index >= 15 is 0 Å². The highest BCUT2D eigenvalue weighted by Gasteiger charge is 2.55. The number of rotatable bonds is 2. The van der Waals surface area contributed by atoms with Crippen molar-refractivity contribution < 1.29 is 19.4 Å². The molecule has 96 valence electrons. The summed E-state index contributed by atoms with van der Waals surface area (Å²) in [6.07, 6.45) is 1.32. The predicted molar refractivity (Wildman–Crippen MR) is 64.9 cm³/mol. The van der Waals surface area contributed by atoms with Crippen molar-refractivity contribution in [2.75, 3.05) is 6.79 Å². The lowest BCUT2D eigenvalue weighted by molar-refractivity contribution is -0.153. The molecule has 1 N–H and O–H groups in total. The number of hydrogen-bond acceptors (Lipinski definition) is 3. The van der Waals surface area contributed by atoms with Crippen LogP contribution in [0, 0.1) is 5.41 Å². The number of hydrogen-bond donors (Lipinski definition) is 1. The van der Waals surface area contributed by atoms with Crippen molar-refractivity contribution in [2.24, 2.45) is 5.41 Å². The zero-order valence-electron chi connectivity index (χ0n) is 10.5. The second kappa shape index (κ2) is 3.40. The first-order chi connectivity index (χ1) is 8.43. The minimum atomic E-state index is -0.759. The monoisotopic (exact) mass is 248 g/mol. The van der Waals surface area contributed by atoms with Gasteiger partial charge in [0, 0.05) is 0 Å². The third kappa shape index (κ3) is 1.48. The van der Waals surface area contributed by atoms with E-state index < -0.39 is 11.4 Å². The van der Waals surface area contributed by atoms with Crippen molar-refractivity contribution in [3.8, 4) is 11.5 Å². The van der Waals surface area contributed by atoms with Gasteiger partial charge in [0.2, 0.25) is 6.79 Å². The molecule has 1 aromatic rings. The largest absolute Gasteiger partial charge is 0.481 e. The van der Waals surface area contributed by atoms with E-state index in [1.807, 2.05) is 12.1 Å². The number of carboxylic acids is 1. The minimum Gasteiger partial charge on any atom is -0.481 e. The first kappa shape index (κ1) is 11.4. The number of ether oxygens (including phenoxy) is 2. The van der Waals surface area contributed by atoms with Gasteiger partial charge in [-0.2, -0.15) is 0 Å². The average molecular weight is 248 g/mol. The van der Waals surface area contributed by atoms with Crippen molar-refractivity contribution in [1.82, 2.24) is 0 Å². The Balaban J connectivity index is 2.00. The normalized spacial score (nSPS) is 22.3. The molecule has 0 unspecified atom stereocenters. The molecule has 0 spiro atoms. The SMILES string of the molecule is CC1(C)CC(C(=O)O)(c2ccc3c(c2)OCO3)C1. The van der Waals surface area contributed by atoms with Crippen LogP contribution in [0.1, 0.15) is 32.3 Å². The lowest BCUT2D eigenvalue weighted by Gasteiger charge is -2.50. The maximum absolute atomic E-state index is 11.6. The van der Waals surface area contributed by atoms with Crippen LogP contribution in [0.25, 0.3) is 0 Å². The smallest absolute Gasteiger partial charge is 0.314 e. The van der Waals surface area contributed by atoms with Crippen molar-refractivity contribution in [2.45, 2.75) is 32.1 Å². The van der Waals surface area contributed by atoms with E-state index in [4.69, 9.17) is 9.47 Å². The Hall–Kier alpha value is -1.71. The van der Waals surface area contributed by atoms with E-state index in [2.05, 4.69) is 13.8 Å². The van der Waals surface area contributed by atoms with Crippen LogP contribution in [-0.4, -0.2) is 17.9 Å². The molecule has 0 atom stereocenters. The lowest BCUT2D eigenvalue weighted by Crippen LogP contribution is -2.52. The summed E-state index contributed by atoms with van der Waals surface area (Å²) >= 11 is 0. The van der Waals surface area contributed by atoms with Crippen molar-refractivity contribution in [1.29, 1.82) is 0 Å². The van der Waals surface area contributed by atoms with Crippen LogP contribution in [-0.2, 0) is 10.2 Å². The van der Waals surface area contributed by atoms with E-state index in [1.165, 1.54) is 0 Å². The van der Waals surface area contributed by atoms with Crippen LogP contribution in [0.2, 0.25) is 0 Å². The maximum Gasteiger partial charge on any atom is 0.314 e. The van der Waals surface area contributed by atoms with Crippen molar-refractivity contribution in [3.63, 3.8) is 0 Å². The van der Waals surface area contributed by atoms with Gasteiger partial charge in [-0.3, -0.25) is 4.79 Å². The Morgan fingerprint density at radius 3 is 2.50 bits per heavy atom. The van der Waals surface area contributed by atoms with E-state index in [1.54, 1.807) is 6.07 Å². The molecule has 2 aliphatic rings. The van der Waals surface area contributed by atoms with Crippen LogP contribution in [0.15, 0.2) is 18.2 Å². The van der Waals surface area contributed by atoms with Crippen LogP contribution >= 0.6 is 0 Å². The van der Waals surface area contributed by atoms with Crippen LogP contribution in [0.4, 0.5) is 0 Å². The van der Waals surface area contributed by atoms with E-state index in [0.717, 1.165) is 5.56 Å². The summed E-state index contributed by atoms with van der Waals surface area (Å²) in [6.45, 7) is 4.41. The van der Waals surface area contributed by atoms with Gasteiger partial charge in [-0.25, -0.2) is 0 Å². The molecule has 4 nitrogen and oxygen atoms in total. The number of carbonyl (C=O) groups is 1. The standard InChI is InChI=1S/C14H16O4/c1-13(2)6-14(7-13,12(15)16)9-3-4-10-11(5-9)18-8-17-10/h3-5H,6-8H2,1-2H3,(H,15,16). The quantitative estimate of drug-likeness (QED) is 0.873. The average Bonchev–Trinajstić information content (AvgIpc) is 2.71. The fourth-order valence-corrected chi connectivity index (χ4v) is 3.26. The molecule has 3 rings (SSSR count). The molecule has 1 aliphatic carbocycles. The minimum absolute atomic E-state index is 0.0920. The molecule has 0 saturated heterocycles. The van der Waals surface area contributed by atoms with Crippen molar-refractivity contribution in [3.05, 3.63) is 23.8 Å². The second-order valence-corrected chi connectivity index (χ2v) is 5.97. The lowest BCUT2D eigenvalue weighted by atomic mass is 9.52. The molecule has 0 radical (unpaired) electrons. The molecule has 1 aromatic carbocycles. The van der Waals surface area contributed by atoms with E-state index in [-0.39, 0.29) is 12.2 Å². The predicted octanol–water partition coefficient (Wildman–Crippen LogP) is 2.56. The molecule has 1 heterocycles. The molecule has 0 bridgehead atoms. The van der Waals surface area contributed by atoms with E-state index in [0.29, 0.717) is 24.3 Å². The summed E-state index contributed by atoms with van der Waals surface area (Å²) in [6, 6.07) is 5.45. The van der Waals surface area contributed by atoms with Gasteiger partial charge in [-0.05, 0) is 36.0 Å². The maximum atomic E-state index is 11.6. The molecule has 0 aromatic heterocycles. The number of carboxylic acid groups (broad SMARTS) is 1. The third-order valence-corrected chi connectivity index (χ3v) is 3.90. The fourth-order valence-electron chi connectivity index (χ4n) is 3.26. The Morgan fingerprint density at radius 1 is 1.22 bits per heavy atom. The molecule has 1 aliphatic heterocycles. The number of aliphatic carboxylic acids is 1. The second-order valence-electron chi connectivity index (χ2n) is 5.97. The molecule has 18 heavy (non-hydrogen) atoms. The Bertz CT molecular complexity index is 511. The van der Waals surface area contributed by atoms with Crippen molar-refractivity contribution >= 4 is 5.97 Å². The van der Waals surface area contributed by atoms with Gasteiger partial charge in [0.05, 0.1) is 5.41 Å². The zero-order valence-corrected chi connectivity index (χ0v) is 10.5. The first-order valence-corrected chi connectivity index (χ1v) is 6.07. The van der Waals surface area contributed by atoms with Gasteiger partial charge in [0.1, 0.15) is 0 Å². The molecule has 1 fully saturated rings. The molecular weight excluding hydrogens is 232 g/mol. The summed E-state index contributed by atoms with van der Waals surface area (Å²) < 4.78 is 10.6. The van der Waals surface area contributed by atoms with Gasteiger partial charge in [-0.15, -0.1) is 0 Å². The van der Waals surface area contributed by atoms with Gasteiger partial charge in [0.25, 0.3) is 0 Å². The van der Waals surface area contributed by atoms with Crippen LogP contribution in [0.3, 0.4) is 0 Å². The number of benzene rings is 1. The Labute approximate surface area is 106 Å². The van der Waals surface area contributed by atoms with Gasteiger partial charge >= 0.3 is 5.97 Å². The molecular formula is C14H16O4. The highest BCUT2D eigenvalue weighted by atomic mass is 16.7. The van der Waals surface area contributed by atoms with E-state index in [9.17, 15) is 9.90 Å². The highest BCUT2D eigenvalue weighted by molar-refractivity contribution is 5.83. The van der Waals surface area contributed by atoms with Crippen LogP contribution in [0.5, 0.6) is 11.5 Å². The summed E-state index contributed by atoms with van der Waals surface area (Å²) in [5.41, 5.74) is 0.151. The Morgan fingerprint density at radius 2 is 1.89 bits per heavy atom. The summed E-state index contributed by atoms with van der Waals surface area (Å²) in [7, 11) is 0. The fraction of sp³-hybridized carbons (Fsp3) is 0.500. The van der Waals surface area contributed by atoms with Gasteiger partial charge in [-0.1, -0.05) is 19.9 Å². The van der Waals surface area contributed by atoms with Crippen LogP contribution < -0.4 is 9.47 Å². The molecule has 4 heteroatoms. The third-order valence-electron chi connectivity index (χ3n) is 3.90. The Kier molecular flexibility index (Phi) is 2.15. The van der Waals surface area contributed by atoms with Gasteiger partial charge in [0.15, 0.2) is 11.5 Å². The summed E-state index contributed by atoms with van der Waals surface area (Å²) in [5, 5.41) is 9.55. The summed E-state index contributed by atoms with van der Waals surface area (Å²) in [5.74, 6) is 0.594. The zero-order chi connectivity index (χ0) is 13.0. The molecule has 0 amide bonds. The highest BCUT2D eigenvalue weighted by Crippen LogP contribution is 2.56. The number of fused-ring (bicyclic) bond motifs is 1. The molecule has 1 saturated carbocycles. The van der Waals surface area contributed by atoms with Gasteiger partial charge < -0.3 is 14.6 Å².